The predicted octanol–water partition coefficient (Wildman–Crippen LogP) is 5.72. The number of anilines is 1. The van der Waals surface area contributed by atoms with Crippen LogP contribution in [0.4, 0.5) is 27.1 Å². The maximum Gasteiger partial charge on any atom is 0.391 e. The van der Waals surface area contributed by atoms with Gasteiger partial charge in [0.2, 0.25) is 5.91 Å². The standard InChI is InChI=1S/C18H17F5N2O2S/c19-16(20)27-14-7-2-1-6-12(14)13-9-28-17(24-13)25-15(26)10-4-3-5-11(8-10)18(21,22)23/h1-2,6-7,9-11,16H,3-5,8H2,(H,24,25,26). The minimum Gasteiger partial charge on any atom is -0.434 e. The summed E-state index contributed by atoms with van der Waals surface area (Å²) in [5.41, 5.74) is 0.655. The monoisotopic (exact) mass is 420 g/mol. The van der Waals surface area contributed by atoms with Crippen LogP contribution in [0.2, 0.25) is 0 Å². The number of alkyl halides is 5. The first kappa shape index (κ1) is 20.5. The fourth-order valence-corrected chi connectivity index (χ4v) is 3.98. The summed E-state index contributed by atoms with van der Waals surface area (Å²) in [6, 6.07) is 6.09. The lowest BCUT2D eigenvalue weighted by Gasteiger charge is -2.29. The van der Waals surface area contributed by atoms with Crippen LogP contribution >= 0.6 is 11.3 Å². The van der Waals surface area contributed by atoms with Gasteiger partial charge in [-0.1, -0.05) is 18.6 Å². The highest BCUT2D eigenvalue weighted by molar-refractivity contribution is 7.14. The average Bonchev–Trinajstić information content (AvgIpc) is 3.09. The Morgan fingerprint density at radius 1 is 1.25 bits per heavy atom. The van der Waals surface area contributed by atoms with Crippen molar-refractivity contribution in [1.82, 2.24) is 4.98 Å². The van der Waals surface area contributed by atoms with Crippen LogP contribution in [0, 0.1) is 11.8 Å². The molecule has 1 heterocycles. The Hall–Kier alpha value is -2.23. The zero-order chi connectivity index (χ0) is 20.3. The number of halogens is 5. The first-order valence-electron chi connectivity index (χ1n) is 8.61. The van der Waals surface area contributed by atoms with E-state index < -0.39 is 30.5 Å². The molecule has 2 unspecified atom stereocenters. The van der Waals surface area contributed by atoms with Gasteiger partial charge in [-0.15, -0.1) is 11.3 Å². The van der Waals surface area contributed by atoms with Gasteiger partial charge in [-0.2, -0.15) is 22.0 Å². The highest BCUT2D eigenvalue weighted by Gasteiger charge is 2.43. The SMILES string of the molecule is O=C(Nc1nc(-c2ccccc2OC(F)F)cs1)C1CCCC(C(F)(F)F)C1. The van der Waals surface area contributed by atoms with Crippen molar-refractivity contribution in [2.24, 2.45) is 11.8 Å². The van der Waals surface area contributed by atoms with Crippen molar-refractivity contribution in [1.29, 1.82) is 0 Å². The Morgan fingerprint density at radius 2 is 2.00 bits per heavy atom. The van der Waals surface area contributed by atoms with Gasteiger partial charge >= 0.3 is 12.8 Å². The maximum atomic E-state index is 12.9. The lowest BCUT2D eigenvalue weighted by Crippen LogP contribution is -2.34. The minimum atomic E-state index is -4.30. The summed E-state index contributed by atoms with van der Waals surface area (Å²) in [6.07, 6.45) is -3.78. The number of carbonyl (C=O) groups is 1. The average molecular weight is 420 g/mol. The molecule has 2 aromatic rings. The summed E-state index contributed by atoms with van der Waals surface area (Å²) in [7, 11) is 0. The highest BCUT2D eigenvalue weighted by atomic mass is 32.1. The van der Waals surface area contributed by atoms with E-state index >= 15 is 0 Å². The second-order valence-corrected chi connectivity index (χ2v) is 7.36. The van der Waals surface area contributed by atoms with Gasteiger partial charge in [0.1, 0.15) is 5.75 Å². The Kier molecular flexibility index (Phi) is 6.17. The van der Waals surface area contributed by atoms with E-state index in [0.717, 1.165) is 11.3 Å². The van der Waals surface area contributed by atoms with Crippen LogP contribution in [0.15, 0.2) is 29.6 Å². The molecule has 0 aliphatic heterocycles. The zero-order valence-electron chi connectivity index (χ0n) is 14.5. The second-order valence-electron chi connectivity index (χ2n) is 6.50. The van der Waals surface area contributed by atoms with Crippen LogP contribution < -0.4 is 10.1 Å². The third-order valence-electron chi connectivity index (χ3n) is 4.62. The molecule has 1 N–H and O–H groups in total. The van der Waals surface area contributed by atoms with Crippen molar-refractivity contribution >= 4 is 22.4 Å². The first-order valence-corrected chi connectivity index (χ1v) is 9.49. The number of thiazole rings is 1. The lowest BCUT2D eigenvalue weighted by molar-refractivity contribution is -0.185. The molecule has 152 valence electrons. The third-order valence-corrected chi connectivity index (χ3v) is 5.38. The molecule has 1 aromatic heterocycles. The molecule has 1 saturated carbocycles. The topological polar surface area (TPSA) is 51.2 Å². The number of nitrogens with one attached hydrogen (secondary N) is 1. The molecule has 28 heavy (non-hydrogen) atoms. The molecule has 1 amide bonds. The molecular formula is C18H17F5N2O2S. The molecule has 0 bridgehead atoms. The van der Waals surface area contributed by atoms with E-state index in [9.17, 15) is 26.7 Å². The van der Waals surface area contributed by atoms with E-state index in [2.05, 4.69) is 15.0 Å². The number of carbonyl (C=O) groups excluding carboxylic acids is 1. The van der Waals surface area contributed by atoms with Crippen molar-refractivity contribution < 1.29 is 31.5 Å². The molecule has 1 aliphatic rings. The molecule has 3 rings (SSSR count). The Balaban J connectivity index is 1.69. The van der Waals surface area contributed by atoms with E-state index in [4.69, 9.17) is 0 Å². The molecule has 2 atom stereocenters. The minimum absolute atomic E-state index is 0.0373. The number of hydrogen-bond donors (Lipinski definition) is 1. The van der Waals surface area contributed by atoms with Crippen LogP contribution in [-0.2, 0) is 4.79 Å². The van der Waals surface area contributed by atoms with Gasteiger partial charge in [-0.25, -0.2) is 4.98 Å². The summed E-state index contributed by atoms with van der Waals surface area (Å²) in [6.45, 7) is -2.99. The fraction of sp³-hybridized carbons (Fsp3) is 0.444. The number of para-hydroxylation sites is 1. The molecule has 10 heteroatoms. The highest BCUT2D eigenvalue weighted by Crippen LogP contribution is 2.40. The first-order chi connectivity index (χ1) is 13.2. The second kappa shape index (κ2) is 8.42. The van der Waals surface area contributed by atoms with Crippen molar-refractivity contribution in [2.45, 2.75) is 38.5 Å². The van der Waals surface area contributed by atoms with Crippen LogP contribution in [0.1, 0.15) is 25.7 Å². The number of hydrogen-bond acceptors (Lipinski definition) is 4. The smallest absolute Gasteiger partial charge is 0.391 e. The summed E-state index contributed by atoms with van der Waals surface area (Å²) < 4.78 is 68.3. The molecule has 0 radical (unpaired) electrons. The normalized spacial score (nSPS) is 20.2. The maximum absolute atomic E-state index is 12.9. The number of nitrogens with zero attached hydrogens (tertiary/aromatic N) is 1. The van der Waals surface area contributed by atoms with Crippen molar-refractivity contribution in [3.63, 3.8) is 0 Å². The van der Waals surface area contributed by atoms with E-state index in [0.29, 0.717) is 24.1 Å². The quantitative estimate of drug-likeness (QED) is 0.630. The summed E-state index contributed by atoms with van der Waals surface area (Å²) in [5, 5.41) is 4.30. The van der Waals surface area contributed by atoms with Crippen molar-refractivity contribution in [3.8, 4) is 17.0 Å². The van der Waals surface area contributed by atoms with Gasteiger partial charge < -0.3 is 10.1 Å². The molecular weight excluding hydrogens is 403 g/mol. The number of aromatic nitrogens is 1. The number of benzene rings is 1. The van der Waals surface area contributed by atoms with Crippen molar-refractivity contribution in [2.75, 3.05) is 5.32 Å². The van der Waals surface area contributed by atoms with Gasteiger partial charge in [0.05, 0.1) is 11.6 Å². The summed E-state index contributed by atoms with van der Waals surface area (Å²) in [5.74, 6) is -2.77. The molecule has 1 aromatic carbocycles. The zero-order valence-corrected chi connectivity index (χ0v) is 15.3. The Bertz CT molecular complexity index is 824. The number of rotatable bonds is 5. The molecule has 1 fully saturated rings. The van der Waals surface area contributed by atoms with Crippen LogP contribution in [0.25, 0.3) is 11.3 Å². The summed E-state index contributed by atoms with van der Waals surface area (Å²) >= 11 is 1.06. The summed E-state index contributed by atoms with van der Waals surface area (Å²) in [4.78, 5) is 16.6. The Morgan fingerprint density at radius 3 is 2.71 bits per heavy atom. The van der Waals surface area contributed by atoms with Crippen molar-refractivity contribution in [3.05, 3.63) is 29.6 Å². The van der Waals surface area contributed by atoms with Gasteiger partial charge in [0, 0.05) is 16.9 Å². The predicted molar refractivity (Wildman–Crippen MR) is 94.3 cm³/mol. The van der Waals surface area contributed by atoms with Crippen LogP contribution in [0.5, 0.6) is 5.75 Å². The van der Waals surface area contributed by atoms with E-state index in [-0.39, 0.29) is 23.7 Å². The van der Waals surface area contributed by atoms with E-state index in [1.54, 1.807) is 17.5 Å². The molecule has 0 saturated heterocycles. The Labute approximate surface area is 161 Å². The lowest BCUT2D eigenvalue weighted by atomic mass is 9.80. The fourth-order valence-electron chi connectivity index (χ4n) is 3.26. The molecule has 0 spiro atoms. The van der Waals surface area contributed by atoms with Crippen LogP contribution in [0.3, 0.4) is 0 Å². The van der Waals surface area contributed by atoms with Crippen LogP contribution in [-0.4, -0.2) is 23.7 Å². The van der Waals surface area contributed by atoms with Gasteiger partial charge in [-0.3, -0.25) is 4.79 Å². The number of amides is 1. The van der Waals surface area contributed by atoms with E-state index in [1.807, 2.05) is 0 Å². The third kappa shape index (κ3) is 4.98. The largest absolute Gasteiger partial charge is 0.434 e. The molecule has 4 nitrogen and oxygen atoms in total. The van der Waals surface area contributed by atoms with E-state index in [1.165, 1.54) is 12.1 Å². The molecule has 1 aliphatic carbocycles. The van der Waals surface area contributed by atoms with Gasteiger partial charge in [0.25, 0.3) is 0 Å². The van der Waals surface area contributed by atoms with Gasteiger partial charge in [0.15, 0.2) is 5.13 Å². The number of ether oxygens (including phenoxy) is 1. The van der Waals surface area contributed by atoms with Gasteiger partial charge in [-0.05, 0) is 31.4 Å².